The standard InChI is InChI=1S/C20H24N4O/c1-2-5-17(6-3-1)24-12-10-23(11-13-24)9-4-14-25-18-7-8-19-20(15-18)22-16-21-19/h1-3,5-8,15-16H,4,9-14H2,(H,21,22). The smallest absolute Gasteiger partial charge is 0.121 e. The Morgan fingerprint density at radius 1 is 1.00 bits per heavy atom. The van der Waals surface area contributed by atoms with Gasteiger partial charge in [0, 0.05) is 44.5 Å². The van der Waals surface area contributed by atoms with Crippen LogP contribution in [0.4, 0.5) is 5.69 Å². The summed E-state index contributed by atoms with van der Waals surface area (Å²) in [5.74, 6) is 0.908. The topological polar surface area (TPSA) is 44.4 Å². The van der Waals surface area contributed by atoms with Crippen molar-refractivity contribution in [2.45, 2.75) is 6.42 Å². The van der Waals surface area contributed by atoms with Crippen LogP contribution in [-0.2, 0) is 0 Å². The first kappa shape index (κ1) is 16.0. The number of aromatic nitrogens is 2. The summed E-state index contributed by atoms with van der Waals surface area (Å²) >= 11 is 0. The van der Waals surface area contributed by atoms with Gasteiger partial charge in [-0.2, -0.15) is 0 Å². The van der Waals surface area contributed by atoms with E-state index >= 15 is 0 Å². The third-order valence-corrected chi connectivity index (χ3v) is 4.77. The van der Waals surface area contributed by atoms with Gasteiger partial charge in [0.05, 0.1) is 24.0 Å². The number of fused-ring (bicyclic) bond motifs is 1. The van der Waals surface area contributed by atoms with Gasteiger partial charge in [-0.15, -0.1) is 0 Å². The number of nitrogens with zero attached hydrogens (tertiary/aromatic N) is 3. The van der Waals surface area contributed by atoms with Crippen LogP contribution in [0.1, 0.15) is 6.42 Å². The minimum Gasteiger partial charge on any atom is -0.493 e. The van der Waals surface area contributed by atoms with Gasteiger partial charge in [0.1, 0.15) is 5.75 Å². The number of hydrogen-bond acceptors (Lipinski definition) is 4. The summed E-state index contributed by atoms with van der Waals surface area (Å²) in [6.07, 6.45) is 2.76. The minimum atomic E-state index is 0.749. The summed E-state index contributed by atoms with van der Waals surface area (Å²) in [5, 5.41) is 0. The highest BCUT2D eigenvalue weighted by atomic mass is 16.5. The molecule has 1 aliphatic rings. The number of H-pyrrole nitrogens is 1. The lowest BCUT2D eigenvalue weighted by Gasteiger charge is -2.36. The van der Waals surface area contributed by atoms with Crippen molar-refractivity contribution < 1.29 is 4.74 Å². The first-order valence-corrected chi connectivity index (χ1v) is 8.97. The minimum absolute atomic E-state index is 0.749. The maximum absolute atomic E-state index is 5.88. The zero-order valence-electron chi connectivity index (χ0n) is 14.4. The van der Waals surface area contributed by atoms with E-state index in [-0.39, 0.29) is 0 Å². The Balaban J connectivity index is 1.18. The summed E-state index contributed by atoms with van der Waals surface area (Å²) in [4.78, 5) is 12.3. The molecule has 1 fully saturated rings. The second kappa shape index (κ2) is 7.57. The van der Waals surface area contributed by atoms with Crippen molar-refractivity contribution in [2.75, 3.05) is 44.2 Å². The van der Waals surface area contributed by atoms with Gasteiger partial charge in [-0.1, -0.05) is 18.2 Å². The molecule has 3 aromatic rings. The number of para-hydroxylation sites is 1. The molecule has 1 aromatic heterocycles. The first-order valence-electron chi connectivity index (χ1n) is 8.97. The Morgan fingerprint density at radius 2 is 1.84 bits per heavy atom. The molecular weight excluding hydrogens is 312 g/mol. The van der Waals surface area contributed by atoms with Crippen LogP contribution in [0.3, 0.4) is 0 Å². The van der Waals surface area contributed by atoms with Crippen LogP contribution in [0.15, 0.2) is 54.9 Å². The molecule has 0 aliphatic carbocycles. The Hall–Kier alpha value is -2.53. The fourth-order valence-corrected chi connectivity index (χ4v) is 3.35. The second-order valence-electron chi connectivity index (χ2n) is 6.45. The van der Waals surface area contributed by atoms with E-state index in [4.69, 9.17) is 4.74 Å². The van der Waals surface area contributed by atoms with Crippen LogP contribution in [-0.4, -0.2) is 54.2 Å². The van der Waals surface area contributed by atoms with Crippen molar-refractivity contribution in [2.24, 2.45) is 0 Å². The van der Waals surface area contributed by atoms with Crippen LogP contribution in [0.5, 0.6) is 5.75 Å². The van der Waals surface area contributed by atoms with E-state index in [1.807, 2.05) is 18.2 Å². The molecule has 5 nitrogen and oxygen atoms in total. The predicted octanol–water partition coefficient (Wildman–Crippen LogP) is 3.15. The molecule has 0 amide bonds. The maximum Gasteiger partial charge on any atom is 0.121 e. The molecule has 2 aromatic carbocycles. The Labute approximate surface area is 148 Å². The molecule has 130 valence electrons. The molecular formula is C20H24N4O. The first-order chi connectivity index (χ1) is 12.4. The van der Waals surface area contributed by atoms with Crippen molar-refractivity contribution in [3.8, 4) is 5.75 Å². The highest BCUT2D eigenvalue weighted by Gasteiger charge is 2.16. The number of rotatable bonds is 6. The van der Waals surface area contributed by atoms with Crippen molar-refractivity contribution in [3.05, 3.63) is 54.9 Å². The third kappa shape index (κ3) is 3.94. The molecule has 4 rings (SSSR count). The lowest BCUT2D eigenvalue weighted by molar-refractivity contribution is 0.225. The largest absolute Gasteiger partial charge is 0.493 e. The van der Waals surface area contributed by atoms with E-state index in [0.29, 0.717) is 0 Å². The predicted molar refractivity (Wildman–Crippen MR) is 101 cm³/mol. The normalized spacial score (nSPS) is 15.6. The second-order valence-corrected chi connectivity index (χ2v) is 6.45. The zero-order valence-corrected chi connectivity index (χ0v) is 14.4. The molecule has 1 saturated heterocycles. The van der Waals surface area contributed by atoms with E-state index in [9.17, 15) is 0 Å². The summed E-state index contributed by atoms with van der Waals surface area (Å²) in [5.41, 5.74) is 3.33. The van der Waals surface area contributed by atoms with Gasteiger partial charge in [-0.05, 0) is 30.7 Å². The van der Waals surface area contributed by atoms with Crippen molar-refractivity contribution in [1.82, 2.24) is 14.9 Å². The molecule has 0 spiro atoms. The SMILES string of the molecule is c1ccc(N2CCN(CCCOc3ccc4nc[nH]c4c3)CC2)cc1. The van der Waals surface area contributed by atoms with Crippen LogP contribution in [0, 0.1) is 0 Å². The Bertz CT molecular complexity index is 794. The van der Waals surface area contributed by atoms with E-state index in [2.05, 4.69) is 50.1 Å². The number of nitrogens with one attached hydrogen (secondary N) is 1. The van der Waals surface area contributed by atoms with Gasteiger partial charge >= 0.3 is 0 Å². The molecule has 1 N–H and O–H groups in total. The highest BCUT2D eigenvalue weighted by molar-refractivity contribution is 5.75. The number of ether oxygens (including phenoxy) is 1. The van der Waals surface area contributed by atoms with Crippen LogP contribution < -0.4 is 9.64 Å². The number of piperazine rings is 1. The van der Waals surface area contributed by atoms with Crippen LogP contribution >= 0.6 is 0 Å². The van der Waals surface area contributed by atoms with E-state index < -0.39 is 0 Å². The summed E-state index contributed by atoms with van der Waals surface area (Å²) in [6, 6.07) is 16.7. The van der Waals surface area contributed by atoms with Crippen molar-refractivity contribution >= 4 is 16.7 Å². The molecule has 0 saturated carbocycles. The van der Waals surface area contributed by atoms with Gasteiger partial charge in [0.15, 0.2) is 0 Å². The maximum atomic E-state index is 5.88. The van der Waals surface area contributed by atoms with Crippen LogP contribution in [0.25, 0.3) is 11.0 Å². The number of aromatic amines is 1. The van der Waals surface area contributed by atoms with Gasteiger partial charge in [-0.25, -0.2) is 4.98 Å². The van der Waals surface area contributed by atoms with E-state index in [1.54, 1.807) is 6.33 Å². The lowest BCUT2D eigenvalue weighted by Crippen LogP contribution is -2.46. The zero-order chi connectivity index (χ0) is 16.9. The molecule has 0 atom stereocenters. The summed E-state index contributed by atoms with van der Waals surface area (Å²) in [6.45, 7) is 6.28. The molecule has 1 aliphatic heterocycles. The fraction of sp³-hybridized carbons (Fsp3) is 0.350. The molecule has 0 bridgehead atoms. The number of imidazole rings is 1. The number of hydrogen-bond donors (Lipinski definition) is 1. The molecule has 25 heavy (non-hydrogen) atoms. The van der Waals surface area contributed by atoms with E-state index in [0.717, 1.165) is 62.5 Å². The number of anilines is 1. The molecule has 0 unspecified atom stereocenters. The summed E-state index contributed by atoms with van der Waals surface area (Å²) in [7, 11) is 0. The van der Waals surface area contributed by atoms with Gasteiger partial charge in [0.2, 0.25) is 0 Å². The van der Waals surface area contributed by atoms with E-state index in [1.165, 1.54) is 5.69 Å². The van der Waals surface area contributed by atoms with Crippen molar-refractivity contribution in [1.29, 1.82) is 0 Å². The number of benzene rings is 2. The average molecular weight is 336 g/mol. The van der Waals surface area contributed by atoms with Crippen LogP contribution in [0.2, 0.25) is 0 Å². The fourth-order valence-electron chi connectivity index (χ4n) is 3.35. The quantitative estimate of drug-likeness (QED) is 0.702. The molecule has 5 heteroatoms. The van der Waals surface area contributed by atoms with Crippen molar-refractivity contribution in [3.63, 3.8) is 0 Å². The monoisotopic (exact) mass is 336 g/mol. The van der Waals surface area contributed by atoms with Gasteiger partial charge < -0.3 is 14.6 Å². The summed E-state index contributed by atoms with van der Waals surface area (Å²) < 4.78 is 5.88. The Kier molecular flexibility index (Phi) is 4.84. The third-order valence-electron chi connectivity index (χ3n) is 4.77. The van der Waals surface area contributed by atoms with Gasteiger partial charge in [-0.3, -0.25) is 4.90 Å². The average Bonchev–Trinajstić information content (AvgIpc) is 3.14. The van der Waals surface area contributed by atoms with Gasteiger partial charge in [0.25, 0.3) is 0 Å². The molecule has 2 heterocycles. The highest BCUT2D eigenvalue weighted by Crippen LogP contribution is 2.18. The Morgan fingerprint density at radius 3 is 2.68 bits per heavy atom. The lowest BCUT2D eigenvalue weighted by atomic mass is 10.2. The molecule has 0 radical (unpaired) electrons.